The summed E-state index contributed by atoms with van der Waals surface area (Å²) in [5.74, 6) is 0. The van der Waals surface area contributed by atoms with E-state index in [1.54, 1.807) is 0 Å². The van der Waals surface area contributed by atoms with Gasteiger partial charge in [0.25, 0.3) is 0 Å². The number of hydrogen-bond donors (Lipinski definition) is 0. The predicted molar refractivity (Wildman–Crippen MR) is 151 cm³/mol. The number of halogens is 1. The van der Waals surface area contributed by atoms with Gasteiger partial charge in [-0.3, -0.25) is 0 Å². The Hall–Kier alpha value is -1.69. The Kier molecular flexibility index (Phi) is 14.2. The summed E-state index contributed by atoms with van der Waals surface area (Å²) >= 11 is 0. The molecule has 3 aromatic rings. The number of allylic oxidation sites excluding steroid dienone is 2. The van der Waals surface area contributed by atoms with E-state index in [9.17, 15) is 0 Å². The van der Waals surface area contributed by atoms with Gasteiger partial charge in [-0.1, -0.05) is 106 Å². The van der Waals surface area contributed by atoms with Crippen molar-refractivity contribution in [1.82, 2.24) is 0 Å². The van der Waals surface area contributed by atoms with Crippen LogP contribution in [-0.4, -0.2) is 6.16 Å². The monoisotopic (exact) mass is 536 g/mol. The van der Waals surface area contributed by atoms with Crippen LogP contribution in [0.2, 0.25) is 0 Å². The summed E-state index contributed by atoms with van der Waals surface area (Å²) in [4.78, 5) is 0. The van der Waals surface area contributed by atoms with E-state index in [-0.39, 0.29) is 17.0 Å². The molecule has 0 atom stereocenters. The maximum Gasteiger partial charge on any atom is 0.112 e. The summed E-state index contributed by atoms with van der Waals surface area (Å²) in [6, 6.07) is 33.9. The minimum atomic E-state index is -1.64. The van der Waals surface area contributed by atoms with Crippen LogP contribution in [0.4, 0.5) is 0 Å². The van der Waals surface area contributed by atoms with Crippen LogP contribution in [0, 0.1) is 0 Å². The van der Waals surface area contributed by atoms with Crippen molar-refractivity contribution in [1.29, 1.82) is 0 Å². The maximum atomic E-state index is 2.36. The fourth-order valence-electron chi connectivity index (χ4n) is 4.84. The second-order valence-electron chi connectivity index (χ2n) is 9.04. The van der Waals surface area contributed by atoms with Gasteiger partial charge in [-0.2, -0.15) is 0 Å². The van der Waals surface area contributed by atoms with Crippen molar-refractivity contribution < 1.29 is 17.0 Å². The summed E-state index contributed by atoms with van der Waals surface area (Å²) in [5, 5.41) is 4.54. The van der Waals surface area contributed by atoms with Crippen LogP contribution < -0.4 is 32.9 Å². The number of hydrogen-bond acceptors (Lipinski definition) is 0. The van der Waals surface area contributed by atoms with Gasteiger partial charge in [0.05, 0.1) is 6.16 Å². The van der Waals surface area contributed by atoms with E-state index >= 15 is 0 Å². The van der Waals surface area contributed by atoms with Gasteiger partial charge < -0.3 is 17.0 Å². The van der Waals surface area contributed by atoms with Crippen molar-refractivity contribution in [3.8, 4) is 0 Å². The normalized spacial score (nSPS) is 11.4. The maximum absolute atomic E-state index is 2.36. The lowest BCUT2D eigenvalue weighted by Gasteiger charge is -2.27. The SMILES string of the molecule is CC/C=C\CCCCCCCCCC[P+](c1ccccc1)(c1ccccc1)c1ccccc1.[Br-]. The average molecular weight is 538 g/mol. The lowest BCUT2D eigenvalue weighted by Crippen LogP contribution is -3.00. The largest absolute Gasteiger partial charge is 1.00 e. The lowest BCUT2D eigenvalue weighted by molar-refractivity contribution is -0.00000668. The summed E-state index contributed by atoms with van der Waals surface area (Å²) in [7, 11) is -1.64. The molecule has 0 heterocycles. The van der Waals surface area contributed by atoms with E-state index in [1.807, 2.05) is 0 Å². The third-order valence-corrected chi connectivity index (χ3v) is 11.1. The van der Waals surface area contributed by atoms with Crippen LogP contribution in [0.15, 0.2) is 103 Å². The zero-order valence-electron chi connectivity index (χ0n) is 20.9. The first-order chi connectivity index (χ1) is 16.4. The third-order valence-electron chi connectivity index (χ3n) is 6.61. The van der Waals surface area contributed by atoms with Crippen molar-refractivity contribution in [3.63, 3.8) is 0 Å². The molecule has 0 aliphatic carbocycles. The molecule has 0 N–H and O–H groups in total. The highest BCUT2D eigenvalue weighted by Gasteiger charge is 2.44. The molecule has 0 fully saturated rings. The molecule has 0 bridgehead atoms. The van der Waals surface area contributed by atoms with Gasteiger partial charge in [0.1, 0.15) is 23.2 Å². The minimum absolute atomic E-state index is 0. The van der Waals surface area contributed by atoms with Crippen LogP contribution in [0.1, 0.15) is 71.1 Å². The van der Waals surface area contributed by atoms with Crippen LogP contribution in [0.5, 0.6) is 0 Å². The summed E-state index contributed by atoms with van der Waals surface area (Å²) in [5.41, 5.74) is 0. The van der Waals surface area contributed by atoms with E-state index in [4.69, 9.17) is 0 Å². The van der Waals surface area contributed by atoms with Gasteiger partial charge in [0.2, 0.25) is 0 Å². The van der Waals surface area contributed by atoms with Crippen LogP contribution in [-0.2, 0) is 0 Å². The van der Waals surface area contributed by atoms with Crippen LogP contribution in [0.25, 0.3) is 0 Å². The molecule has 2 heteroatoms. The molecule has 0 nitrogen and oxygen atoms in total. The highest BCUT2D eigenvalue weighted by Crippen LogP contribution is 2.55. The predicted octanol–water partition coefficient (Wildman–Crippen LogP) is 5.46. The van der Waals surface area contributed by atoms with Gasteiger partial charge >= 0.3 is 0 Å². The zero-order chi connectivity index (χ0) is 23.0. The third kappa shape index (κ3) is 8.51. The molecular formula is C32H42BrP. The number of unbranched alkanes of at least 4 members (excludes halogenated alkanes) is 8. The Morgan fingerprint density at radius 3 is 1.29 bits per heavy atom. The van der Waals surface area contributed by atoms with Gasteiger partial charge in [0.15, 0.2) is 0 Å². The van der Waals surface area contributed by atoms with E-state index < -0.39 is 7.26 Å². The minimum Gasteiger partial charge on any atom is -1.00 e. The molecule has 0 amide bonds. The Balaban J connectivity index is 0.00000408. The standard InChI is InChI=1S/C32H42P.BrH/c1-2-3-4-5-6-7-8-9-10-11-12-22-29-33(30-23-16-13-17-24-30,31-25-18-14-19-26-31)32-27-20-15-21-28-32;/h3-4,13-21,23-28H,2,5-12,22,29H2,1H3;1H/q+1;/p-1/b4-3-;. The molecule has 0 unspecified atom stereocenters. The van der Waals surface area contributed by atoms with Crippen molar-refractivity contribution in [3.05, 3.63) is 103 Å². The molecule has 0 radical (unpaired) electrons. The molecule has 3 aromatic carbocycles. The molecule has 34 heavy (non-hydrogen) atoms. The number of benzene rings is 3. The highest BCUT2D eigenvalue weighted by molar-refractivity contribution is 7.95. The highest BCUT2D eigenvalue weighted by atomic mass is 79.9. The average Bonchev–Trinajstić information content (AvgIpc) is 2.89. The fourth-order valence-corrected chi connectivity index (χ4v) is 9.25. The molecular weight excluding hydrogens is 495 g/mol. The molecule has 0 saturated heterocycles. The first-order valence-corrected chi connectivity index (χ1v) is 15.1. The Bertz CT molecular complexity index is 809. The van der Waals surface area contributed by atoms with Crippen LogP contribution in [0.3, 0.4) is 0 Å². The fraction of sp³-hybridized carbons (Fsp3) is 0.375. The van der Waals surface area contributed by atoms with E-state index in [1.165, 1.54) is 86.3 Å². The molecule has 0 saturated carbocycles. The topological polar surface area (TPSA) is 0 Å². The first-order valence-electron chi connectivity index (χ1n) is 13.1. The summed E-state index contributed by atoms with van der Waals surface area (Å²) < 4.78 is 0. The molecule has 0 spiro atoms. The van der Waals surface area contributed by atoms with Gasteiger partial charge in [-0.05, 0) is 68.5 Å². The smallest absolute Gasteiger partial charge is 0.112 e. The number of rotatable bonds is 15. The van der Waals surface area contributed by atoms with Crippen molar-refractivity contribution in [2.24, 2.45) is 0 Å². The summed E-state index contributed by atoms with van der Waals surface area (Å²) in [6.07, 6.45) is 19.3. The Morgan fingerprint density at radius 2 is 0.882 bits per heavy atom. The molecule has 0 aliphatic rings. The van der Waals surface area contributed by atoms with E-state index in [0.717, 1.165) is 0 Å². The Labute approximate surface area is 220 Å². The first kappa shape index (κ1) is 28.5. The van der Waals surface area contributed by atoms with Crippen LogP contribution >= 0.6 is 7.26 Å². The molecule has 3 rings (SSSR count). The lowest BCUT2D eigenvalue weighted by atomic mass is 10.1. The molecule has 0 aliphatic heterocycles. The molecule has 182 valence electrons. The quantitative estimate of drug-likeness (QED) is 0.137. The van der Waals surface area contributed by atoms with Crippen molar-refractivity contribution in [2.75, 3.05) is 6.16 Å². The van der Waals surface area contributed by atoms with Gasteiger partial charge in [-0.15, -0.1) is 0 Å². The van der Waals surface area contributed by atoms with E-state index in [0.29, 0.717) is 0 Å². The zero-order valence-corrected chi connectivity index (χ0v) is 23.4. The van der Waals surface area contributed by atoms with E-state index in [2.05, 4.69) is 110 Å². The van der Waals surface area contributed by atoms with Crippen molar-refractivity contribution >= 4 is 23.2 Å². The van der Waals surface area contributed by atoms with Crippen molar-refractivity contribution in [2.45, 2.75) is 71.1 Å². The van der Waals surface area contributed by atoms with Gasteiger partial charge in [0, 0.05) is 0 Å². The second kappa shape index (κ2) is 16.9. The molecule has 0 aromatic heterocycles. The van der Waals surface area contributed by atoms with Gasteiger partial charge in [-0.25, -0.2) is 0 Å². The Morgan fingerprint density at radius 1 is 0.500 bits per heavy atom. The second-order valence-corrected chi connectivity index (χ2v) is 12.7. The summed E-state index contributed by atoms with van der Waals surface area (Å²) in [6.45, 7) is 2.21.